The number of urea groups is 1. The van der Waals surface area contributed by atoms with Crippen LogP contribution in [-0.2, 0) is 0 Å². The molecule has 3 aromatic carbocycles. The summed E-state index contributed by atoms with van der Waals surface area (Å²) in [7, 11) is 0. The number of carbonyl (C=O) groups is 2. The minimum atomic E-state index is -0.352. The van der Waals surface area contributed by atoms with Gasteiger partial charge in [0.15, 0.2) is 0 Å². The molecular weight excluding hydrogens is 502 g/mol. The van der Waals surface area contributed by atoms with Gasteiger partial charge in [-0.05, 0) is 73.5 Å². The molecule has 2 aliphatic rings. The van der Waals surface area contributed by atoms with Crippen LogP contribution in [0.15, 0.2) is 82.8 Å². The van der Waals surface area contributed by atoms with Gasteiger partial charge in [0.25, 0.3) is 5.91 Å². The van der Waals surface area contributed by atoms with E-state index in [-0.39, 0.29) is 24.3 Å². The Kier molecular flexibility index (Phi) is 8.94. The zero-order chi connectivity index (χ0) is 25.5. The highest BCUT2D eigenvalue weighted by atomic mass is 35.5. The molecule has 0 aromatic heterocycles. The third-order valence-electron chi connectivity index (χ3n) is 6.03. The van der Waals surface area contributed by atoms with E-state index in [9.17, 15) is 9.59 Å². The molecule has 5 N–H and O–H groups in total. The van der Waals surface area contributed by atoms with E-state index < -0.39 is 0 Å². The molecule has 38 heavy (non-hydrogen) atoms. The smallest absolute Gasteiger partial charge is 0.323 e. The molecule has 0 fully saturated rings. The van der Waals surface area contributed by atoms with Gasteiger partial charge in [-0.2, -0.15) is 0 Å². The SMILES string of the molecule is Cl.O=C(Nc1ccc(NC(=O)c2ccc(C3=NCCCN3)cc2)cc1)Nc1ccc(C2=NCCCN2)cc1. The van der Waals surface area contributed by atoms with Crippen LogP contribution in [0.5, 0.6) is 0 Å². The number of nitrogens with one attached hydrogen (secondary N) is 5. The van der Waals surface area contributed by atoms with Crippen molar-refractivity contribution in [2.24, 2.45) is 9.98 Å². The van der Waals surface area contributed by atoms with E-state index in [0.717, 1.165) is 61.8 Å². The van der Waals surface area contributed by atoms with Crippen molar-refractivity contribution >= 4 is 53.1 Å². The normalized spacial score (nSPS) is 14.4. The van der Waals surface area contributed by atoms with Crippen LogP contribution < -0.4 is 26.6 Å². The standard InChI is InChI=1S/C28H29N7O2.ClH/c36-27(21-5-3-19(4-6-21)25-29-15-1-16-30-25)33-22-11-13-24(14-12-22)35-28(37)34-23-9-7-20(8-10-23)26-31-17-2-18-32-26;/h3-14H,1-2,15-18H2,(H,29,30)(H,31,32)(H,33,36)(H2,34,35,37);1H. The molecule has 2 aliphatic heterocycles. The van der Waals surface area contributed by atoms with Gasteiger partial charge >= 0.3 is 6.03 Å². The Bertz CT molecular complexity index is 1320. The van der Waals surface area contributed by atoms with E-state index >= 15 is 0 Å². The maximum atomic E-state index is 12.6. The summed E-state index contributed by atoms with van der Waals surface area (Å²) < 4.78 is 0. The van der Waals surface area contributed by atoms with Crippen LogP contribution in [-0.4, -0.2) is 49.8 Å². The molecule has 0 spiro atoms. The molecule has 0 bridgehead atoms. The van der Waals surface area contributed by atoms with Gasteiger partial charge in [-0.25, -0.2) is 4.79 Å². The van der Waals surface area contributed by atoms with Crippen molar-refractivity contribution in [2.45, 2.75) is 12.8 Å². The van der Waals surface area contributed by atoms with Crippen LogP contribution in [0.3, 0.4) is 0 Å². The van der Waals surface area contributed by atoms with Crippen LogP contribution in [0, 0.1) is 0 Å². The summed E-state index contributed by atoms with van der Waals surface area (Å²) >= 11 is 0. The van der Waals surface area contributed by atoms with Gasteiger partial charge < -0.3 is 26.6 Å². The highest BCUT2D eigenvalue weighted by Crippen LogP contribution is 2.17. The number of aliphatic imine (C=N–C) groups is 2. The third kappa shape index (κ3) is 6.89. The van der Waals surface area contributed by atoms with Crippen molar-refractivity contribution in [1.82, 2.24) is 10.6 Å². The van der Waals surface area contributed by atoms with Crippen molar-refractivity contribution in [3.05, 3.63) is 89.5 Å². The van der Waals surface area contributed by atoms with Gasteiger partial charge in [0.05, 0.1) is 0 Å². The Morgan fingerprint density at radius 3 is 1.47 bits per heavy atom. The second-order valence-corrected chi connectivity index (χ2v) is 8.79. The molecule has 2 heterocycles. The van der Waals surface area contributed by atoms with Gasteiger partial charge in [0.2, 0.25) is 0 Å². The Morgan fingerprint density at radius 2 is 1.03 bits per heavy atom. The van der Waals surface area contributed by atoms with E-state index in [4.69, 9.17) is 0 Å². The number of amides is 3. The van der Waals surface area contributed by atoms with Crippen molar-refractivity contribution in [3.8, 4) is 0 Å². The first-order chi connectivity index (χ1) is 18.1. The van der Waals surface area contributed by atoms with E-state index in [1.807, 2.05) is 36.4 Å². The Balaban J connectivity index is 0.00000336. The van der Waals surface area contributed by atoms with Gasteiger partial charge in [-0.1, -0.05) is 12.1 Å². The monoisotopic (exact) mass is 531 g/mol. The second kappa shape index (κ2) is 12.7. The van der Waals surface area contributed by atoms with Crippen molar-refractivity contribution in [3.63, 3.8) is 0 Å². The molecule has 3 aromatic rings. The number of benzene rings is 3. The van der Waals surface area contributed by atoms with Crippen LogP contribution in [0.25, 0.3) is 0 Å². The van der Waals surface area contributed by atoms with Gasteiger partial charge in [0, 0.05) is 59.9 Å². The van der Waals surface area contributed by atoms with E-state index in [1.54, 1.807) is 36.4 Å². The minimum Gasteiger partial charge on any atom is -0.370 e. The fraction of sp³-hybridized carbons (Fsp3) is 0.214. The second-order valence-electron chi connectivity index (χ2n) is 8.79. The molecule has 0 atom stereocenters. The lowest BCUT2D eigenvalue weighted by Crippen LogP contribution is -2.30. The third-order valence-corrected chi connectivity index (χ3v) is 6.03. The van der Waals surface area contributed by atoms with Gasteiger partial charge in [0.1, 0.15) is 11.7 Å². The average Bonchev–Trinajstić information content (AvgIpc) is 2.95. The molecule has 196 valence electrons. The molecule has 0 saturated heterocycles. The molecule has 0 aliphatic carbocycles. The quantitative estimate of drug-likeness (QED) is 0.322. The van der Waals surface area contributed by atoms with Crippen LogP contribution >= 0.6 is 12.4 Å². The highest BCUT2D eigenvalue weighted by Gasteiger charge is 2.11. The van der Waals surface area contributed by atoms with Crippen LogP contribution in [0.4, 0.5) is 21.9 Å². The van der Waals surface area contributed by atoms with E-state index in [1.165, 1.54) is 0 Å². The van der Waals surface area contributed by atoms with Gasteiger partial charge in [-0.3, -0.25) is 14.8 Å². The highest BCUT2D eigenvalue weighted by molar-refractivity contribution is 6.06. The molecule has 0 saturated carbocycles. The molecular formula is C28H30ClN7O2. The fourth-order valence-corrected chi connectivity index (χ4v) is 4.08. The molecule has 5 rings (SSSR count). The zero-order valence-corrected chi connectivity index (χ0v) is 21.6. The summed E-state index contributed by atoms with van der Waals surface area (Å²) in [4.78, 5) is 34.0. The predicted octanol–water partition coefficient (Wildman–Crippen LogP) is 4.48. The molecule has 0 radical (unpaired) electrons. The number of hydrogen-bond donors (Lipinski definition) is 5. The first-order valence-corrected chi connectivity index (χ1v) is 12.4. The maximum Gasteiger partial charge on any atom is 0.323 e. The largest absolute Gasteiger partial charge is 0.370 e. The van der Waals surface area contributed by atoms with Crippen LogP contribution in [0.1, 0.15) is 34.3 Å². The Hall–Kier alpha value is -4.37. The average molecular weight is 532 g/mol. The molecule has 10 heteroatoms. The summed E-state index contributed by atoms with van der Waals surface area (Å²) in [6, 6.07) is 21.5. The van der Waals surface area contributed by atoms with Crippen molar-refractivity contribution in [1.29, 1.82) is 0 Å². The molecule has 0 unspecified atom stereocenters. The number of halogens is 1. The fourth-order valence-electron chi connectivity index (χ4n) is 4.08. The number of anilines is 3. The predicted molar refractivity (Wildman–Crippen MR) is 155 cm³/mol. The lowest BCUT2D eigenvalue weighted by Gasteiger charge is -2.15. The lowest BCUT2D eigenvalue weighted by atomic mass is 10.1. The number of carbonyl (C=O) groups excluding carboxylic acids is 2. The number of nitrogens with zero attached hydrogens (tertiary/aromatic N) is 2. The maximum absolute atomic E-state index is 12.6. The topological polar surface area (TPSA) is 119 Å². The Labute approximate surface area is 227 Å². The van der Waals surface area contributed by atoms with E-state index in [0.29, 0.717) is 22.6 Å². The summed E-state index contributed by atoms with van der Waals surface area (Å²) in [5.41, 5.74) is 4.44. The number of hydrogen-bond acceptors (Lipinski definition) is 6. The lowest BCUT2D eigenvalue weighted by molar-refractivity contribution is 0.102. The first-order valence-electron chi connectivity index (χ1n) is 12.4. The van der Waals surface area contributed by atoms with Crippen molar-refractivity contribution < 1.29 is 9.59 Å². The van der Waals surface area contributed by atoms with Crippen LogP contribution in [0.2, 0.25) is 0 Å². The first kappa shape index (κ1) is 26.7. The summed E-state index contributed by atoms with van der Waals surface area (Å²) in [5, 5.41) is 15.1. The number of amidine groups is 2. The van der Waals surface area contributed by atoms with Crippen molar-refractivity contribution in [2.75, 3.05) is 42.1 Å². The van der Waals surface area contributed by atoms with Gasteiger partial charge in [-0.15, -0.1) is 12.4 Å². The summed E-state index contributed by atoms with van der Waals surface area (Å²) in [5.74, 6) is 1.55. The number of rotatable bonds is 6. The zero-order valence-electron chi connectivity index (χ0n) is 20.8. The Morgan fingerprint density at radius 1 is 0.605 bits per heavy atom. The minimum absolute atomic E-state index is 0. The van der Waals surface area contributed by atoms with E-state index in [2.05, 4.69) is 36.6 Å². The summed E-state index contributed by atoms with van der Waals surface area (Å²) in [6.07, 6.45) is 2.07. The molecule has 3 amide bonds. The summed E-state index contributed by atoms with van der Waals surface area (Å²) in [6.45, 7) is 3.48. The molecule has 9 nitrogen and oxygen atoms in total.